The maximum Gasteiger partial charge on any atom is 0.410 e. The van der Waals surface area contributed by atoms with Crippen LogP contribution < -0.4 is 0 Å². The Kier molecular flexibility index (Phi) is 9.49. The third-order valence-electron chi connectivity index (χ3n) is 3.59. The van der Waals surface area contributed by atoms with Gasteiger partial charge in [-0.1, -0.05) is 0 Å². The molecule has 1 aliphatic rings. The molecule has 0 aromatic rings. The van der Waals surface area contributed by atoms with Crippen molar-refractivity contribution in [3.05, 3.63) is 0 Å². The second-order valence-electron chi connectivity index (χ2n) is 8.56. The zero-order valence-corrected chi connectivity index (χ0v) is 17.7. The van der Waals surface area contributed by atoms with Crippen LogP contribution in [-0.2, 0) is 23.7 Å². The highest BCUT2D eigenvalue weighted by Crippen LogP contribution is 2.11. The van der Waals surface area contributed by atoms with Crippen LogP contribution in [0.3, 0.4) is 0 Å². The largest absolute Gasteiger partial charge is 0.458 e. The normalized spacial score (nSPS) is 16.3. The molecule has 1 heterocycles. The Bertz CT molecular complexity index is 462. The molecule has 0 spiro atoms. The Hall–Kier alpha value is -1.38. The molecule has 8 nitrogen and oxygen atoms in total. The number of piperazine rings is 1. The molecule has 27 heavy (non-hydrogen) atoms. The lowest BCUT2D eigenvalue weighted by molar-refractivity contribution is -0.160. The summed E-state index contributed by atoms with van der Waals surface area (Å²) < 4.78 is 21.3. The smallest absolute Gasteiger partial charge is 0.410 e. The molecule has 1 aliphatic heterocycles. The zero-order chi connectivity index (χ0) is 20.5. The number of ether oxygens (including phenoxy) is 4. The fourth-order valence-electron chi connectivity index (χ4n) is 2.42. The third kappa shape index (κ3) is 11.8. The van der Waals surface area contributed by atoms with E-state index in [1.807, 2.05) is 41.5 Å². The van der Waals surface area contributed by atoms with Crippen LogP contribution in [0.15, 0.2) is 0 Å². The Morgan fingerprint density at radius 1 is 0.778 bits per heavy atom. The lowest BCUT2D eigenvalue weighted by atomic mass is 10.2. The van der Waals surface area contributed by atoms with Crippen LogP contribution in [0.2, 0.25) is 0 Å². The number of esters is 1. The molecule has 0 aromatic heterocycles. The maximum absolute atomic E-state index is 12.0. The molecule has 0 atom stereocenters. The van der Waals surface area contributed by atoms with Gasteiger partial charge in [-0.2, -0.15) is 0 Å². The van der Waals surface area contributed by atoms with Crippen LogP contribution in [0.1, 0.15) is 41.5 Å². The molecule has 1 fully saturated rings. The summed E-state index contributed by atoms with van der Waals surface area (Å²) in [7, 11) is 0. The van der Waals surface area contributed by atoms with Crippen molar-refractivity contribution >= 4 is 12.1 Å². The van der Waals surface area contributed by atoms with E-state index < -0.39 is 11.2 Å². The molecule has 8 heteroatoms. The first kappa shape index (κ1) is 23.7. The van der Waals surface area contributed by atoms with E-state index in [1.165, 1.54) is 0 Å². The van der Waals surface area contributed by atoms with Gasteiger partial charge in [0.05, 0.1) is 19.8 Å². The molecular weight excluding hydrogens is 352 g/mol. The van der Waals surface area contributed by atoms with Gasteiger partial charge in [0, 0.05) is 32.7 Å². The lowest BCUT2D eigenvalue weighted by Gasteiger charge is -2.35. The monoisotopic (exact) mass is 388 g/mol. The first-order chi connectivity index (χ1) is 12.5. The van der Waals surface area contributed by atoms with Crippen LogP contribution in [0.4, 0.5) is 4.79 Å². The van der Waals surface area contributed by atoms with Gasteiger partial charge in [-0.15, -0.1) is 0 Å². The van der Waals surface area contributed by atoms with Crippen LogP contribution in [0, 0.1) is 0 Å². The molecule has 0 N–H and O–H groups in total. The first-order valence-corrected chi connectivity index (χ1v) is 9.54. The van der Waals surface area contributed by atoms with Crippen molar-refractivity contribution < 1.29 is 28.5 Å². The van der Waals surface area contributed by atoms with Crippen molar-refractivity contribution in [3.63, 3.8) is 0 Å². The molecule has 0 unspecified atom stereocenters. The minimum absolute atomic E-state index is 0.0622. The van der Waals surface area contributed by atoms with E-state index in [1.54, 1.807) is 4.90 Å². The van der Waals surface area contributed by atoms with E-state index in [4.69, 9.17) is 18.9 Å². The second kappa shape index (κ2) is 10.8. The predicted molar refractivity (Wildman–Crippen MR) is 102 cm³/mol. The quantitative estimate of drug-likeness (QED) is 0.464. The van der Waals surface area contributed by atoms with E-state index >= 15 is 0 Å². The van der Waals surface area contributed by atoms with E-state index in [0.717, 1.165) is 19.6 Å². The number of rotatable bonds is 8. The van der Waals surface area contributed by atoms with Gasteiger partial charge in [0.1, 0.15) is 17.8 Å². The molecule has 1 saturated heterocycles. The standard InChI is InChI=1S/C19H36N2O6/c1-18(2,3)26-16(22)15-25-14-13-24-12-11-20-7-9-21(10-8-20)17(23)27-19(4,5)6/h7-15H2,1-6H3. The third-order valence-corrected chi connectivity index (χ3v) is 3.59. The van der Waals surface area contributed by atoms with Gasteiger partial charge in [0.15, 0.2) is 0 Å². The van der Waals surface area contributed by atoms with Crippen molar-refractivity contribution in [1.82, 2.24) is 9.80 Å². The van der Waals surface area contributed by atoms with Crippen molar-refractivity contribution in [3.8, 4) is 0 Å². The number of amides is 1. The minimum Gasteiger partial charge on any atom is -0.458 e. The first-order valence-electron chi connectivity index (χ1n) is 9.54. The summed E-state index contributed by atoms with van der Waals surface area (Å²) in [6.07, 6.45) is -0.250. The summed E-state index contributed by atoms with van der Waals surface area (Å²) in [6.45, 7) is 16.1. The fraction of sp³-hybridized carbons (Fsp3) is 0.895. The highest BCUT2D eigenvalue weighted by molar-refractivity contribution is 5.71. The number of hydrogen-bond donors (Lipinski definition) is 0. The van der Waals surface area contributed by atoms with E-state index in [0.29, 0.717) is 32.9 Å². The number of carbonyl (C=O) groups is 2. The average molecular weight is 389 g/mol. The summed E-state index contributed by atoms with van der Waals surface area (Å²) >= 11 is 0. The Labute approximate surface area is 163 Å². The summed E-state index contributed by atoms with van der Waals surface area (Å²) in [5.41, 5.74) is -0.960. The summed E-state index contributed by atoms with van der Waals surface area (Å²) in [4.78, 5) is 27.5. The number of carbonyl (C=O) groups excluding carboxylic acids is 2. The molecule has 1 amide bonds. The van der Waals surface area contributed by atoms with Crippen LogP contribution in [0.5, 0.6) is 0 Å². The number of nitrogens with zero attached hydrogens (tertiary/aromatic N) is 2. The molecular formula is C19H36N2O6. The van der Waals surface area contributed by atoms with Crippen LogP contribution >= 0.6 is 0 Å². The van der Waals surface area contributed by atoms with Crippen molar-refractivity contribution in [2.24, 2.45) is 0 Å². The van der Waals surface area contributed by atoms with E-state index in [9.17, 15) is 9.59 Å². The molecule has 0 radical (unpaired) electrons. The van der Waals surface area contributed by atoms with Crippen molar-refractivity contribution in [1.29, 1.82) is 0 Å². The van der Waals surface area contributed by atoms with E-state index in [-0.39, 0.29) is 18.7 Å². The van der Waals surface area contributed by atoms with Gasteiger partial charge < -0.3 is 23.8 Å². The molecule has 0 bridgehead atoms. The number of hydrogen-bond acceptors (Lipinski definition) is 7. The summed E-state index contributed by atoms with van der Waals surface area (Å²) in [5, 5.41) is 0. The van der Waals surface area contributed by atoms with Gasteiger partial charge in [-0.05, 0) is 41.5 Å². The van der Waals surface area contributed by atoms with Gasteiger partial charge >= 0.3 is 12.1 Å². The van der Waals surface area contributed by atoms with E-state index in [2.05, 4.69) is 4.90 Å². The maximum atomic E-state index is 12.0. The predicted octanol–water partition coefficient (Wildman–Crippen LogP) is 1.91. The molecule has 158 valence electrons. The molecule has 0 saturated carbocycles. The van der Waals surface area contributed by atoms with Gasteiger partial charge in [-0.3, -0.25) is 4.90 Å². The zero-order valence-electron chi connectivity index (χ0n) is 17.7. The van der Waals surface area contributed by atoms with Gasteiger partial charge in [0.25, 0.3) is 0 Å². The average Bonchev–Trinajstić information content (AvgIpc) is 2.51. The highest BCUT2D eigenvalue weighted by Gasteiger charge is 2.25. The van der Waals surface area contributed by atoms with Gasteiger partial charge in [-0.25, -0.2) is 9.59 Å². The lowest BCUT2D eigenvalue weighted by Crippen LogP contribution is -2.50. The fourth-order valence-corrected chi connectivity index (χ4v) is 2.42. The van der Waals surface area contributed by atoms with Crippen molar-refractivity contribution in [2.75, 3.05) is 59.2 Å². The van der Waals surface area contributed by atoms with Crippen LogP contribution in [-0.4, -0.2) is 92.2 Å². The topological polar surface area (TPSA) is 77.5 Å². The minimum atomic E-state index is -0.496. The SMILES string of the molecule is CC(C)(C)OC(=O)COCCOCCN1CCN(C(=O)OC(C)(C)C)CC1. The van der Waals surface area contributed by atoms with Crippen LogP contribution in [0.25, 0.3) is 0 Å². The second-order valence-corrected chi connectivity index (χ2v) is 8.56. The summed E-state index contributed by atoms with van der Waals surface area (Å²) in [6, 6.07) is 0. The molecule has 1 rings (SSSR count). The highest BCUT2D eigenvalue weighted by atomic mass is 16.6. The Morgan fingerprint density at radius 2 is 1.33 bits per heavy atom. The Balaban J connectivity index is 2.03. The Morgan fingerprint density at radius 3 is 1.89 bits per heavy atom. The summed E-state index contributed by atoms with van der Waals surface area (Å²) in [5.74, 6) is -0.370. The van der Waals surface area contributed by atoms with Crippen molar-refractivity contribution in [2.45, 2.75) is 52.7 Å². The molecule has 0 aromatic carbocycles. The molecule has 0 aliphatic carbocycles. The van der Waals surface area contributed by atoms with Gasteiger partial charge in [0.2, 0.25) is 0 Å².